The molecule has 6 atom stereocenters. The third-order valence-corrected chi connectivity index (χ3v) is 8.39. The van der Waals surface area contributed by atoms with Crippen molar-refractivity contribution >= 4 is 11.8 Å². The van der Waals surface area contributed by atoms with Crippen LogP contribution in [-0.2, 0) is 9.59 Å². The predicted molar refractivity (Wildman–Crippen MR) is 95.6 cm³/mol. The summed E-state index contributed by atoms with van der Waals surface area (Å²) >= 11 is 0. The van der Waals surface area contributed by atoms with Crippen molar-refractivity contribution < 1.29 is 14.7 Å². The minimum absolute atomic E-state index is 0.0486. The lowest BCUT2D eigenvalue weighted by Gasteiger charge is -2.55. The maximum absolute atomic E-state index is 11.8. The van der Waals surface area contributed by atoms with Crippen LogP contribution in [0.3, 0.4) is 0 Å². The summed E-state index contributed by atoms with van der Waals surface area (Å²) in [5.74, 6) is 4.96. The molecule has 3 heteroatoms. The summed E-state index contributed by atoms with van der Waals surface area (Å²) in [6, 6.07) is 0. The van der Waals surface area contributed by atoms with Gasteiger partial charge in [0, 0.05) is 11.8 Å². The number of allylic oxidation sites excluding steroid dienone is 1. The first kappa shape index (κ1) is 16.9. The molecule has 3 nitrogen and oxygen atoms in total. The normalized spacial score (nSPS) is 45.6. The predicted octanol–water partition coefficient (Wildman–Crippen LogP) is 4.22. The molecule has 4 aliphatic rings. The van der Waals surface area contributed by atoms with E-state index in [9.17, 15) is 14.7 Å². The Morgan fingerprint density at radius 1 is 1.24 bits per heavy atom. The Labute approximate surface area is 150 Å². The summed E-state index contributed by atoms with van der Waals surface area (Å²) in [6.45, 7) is 2.28. The Balaban J connectivity index is 1.64. The first-order valence-corrected chi connectivity index (χ1v) is 9.83. The molecule has 0 aromatic heterocycles. The van der Waals surface area contributed by atoms with E-state index in [0.717, 1.165) is 44.9 Å². The van der Waals surface area contributed by atoms with Crippen LogP contribution in [0, 0.1) is 46.8 Å². The maximum Gasteiger partial charge on any atom is 0.304 e. The maximum atomic E-state index is 11.8. The van der Waals surface area contributed by atoms with Crippen LogP contribution >= 0.6 is 0 Å². The molecule has 0 aromatic carbocycles. The summed E-state index contributed by atoms with van der Waals surface area (Å²) in [4.78, 5) is 23.3. The van der Waals surface area contributed by atoms with Crippen LogP contribution < -0.4 is 0 Å². The number of aliphatic carboxylic acids is 1. The van der Waals surface area contributed by atoms with Gasteiger partial charge in [0.2, 0.25) is 0 Å². The lowest BCUT2D eigenvalue weighted by Crippen LogP contribution is -2.49. The van der Waals surface area contributed by atoms with E-state index >= 15 is 0 Å². The summed E-state index contributed by atoms with van der Waals surface area (Å²) in [6.07, 6.45) is 16.0. The SMILES string of the molecule is C#C[C@@]1(CC(=O)O)CCC2C3CCC4=CC(=O)CCC4C3CC[C@@]21C. The van der Waals surface area contributed by atoms with Gasteiger partial charge in [-0.1, -0.05) is 18.4 Å². The Morgan fingerprint density at radius 3 is 2.76 bits per heavy atom. The molecular formula is C22H28O3. The van der Waals surface area contributed by atoms with E-state index in [2.05, 4.69) is 12.8 Å². The number of terminal acetylenes is 1. The lowest BCUT2D eigenvalue weighted by molar-refractivity contribution is -0.142. The van der Waals surface area contributed by atoms with Crippen LogP contribution in [0.15, 0.2) is 11.6 Å². The van der Waals surface area contributed by atoms with Crippen LogP contribution in [0.2, 0.25) is 0 Å². The standard InChI is InChI=1S/C22H28O3/c1-3-22(13-20(24)25)11-9-19-18-6-4-14-12-15(23)5-7-16(14)17(18)8-10-21(19,22)2/h1,12,16-19H,4-11,13H2,2H3,(H,24,25)/t16?,17?,18?,19?,21-,22-/m0/s1. The van der Waals surface area contributed by atoms with Crippen molar-refractivity contribution in [2.24, 2.45) is 34.5 Å². The van der Waals surface area contributed by atoms with Gasteiger partial charge in [-0.15, -0.1) is 6.42 Å². The molecule has 0 bridgehead atoms. The Bertz CT molecular complexity index is 684. The van der Waals surface area contributed by atoms with Gasteiger partial charge in [-0.3, -0.25) is 9.59 Å². The highest BCUT2D eigenvalue weighted by atomic mass is 16.4. The van der Waals surface area contributed by atoms with E-state index in [-0.39, 0.29) is 11.8 Å². The van der Waals surface area contributed by atoms with Crippen LogP contribution in [0.5, 0.6) is 0 Å². The number of carbonyl (C=O) groups excluding carboxylic acids is 1. The fraction of sp³-hybridized carbons (Fsp3) is 0.727. The molecule has 4 rings (SSSR count). The van der Waals surface area contributed by atoms with E-state index in [0.29, 0.717) is 35.9 Å². The molecule has 134 valence electrons. The first-order valence-electron chi connectivity index (χ1n) is 9.83. The highest BCUT2D eigenvalue weighted by molar-refractivity contribution is 5.91. The van der Waals surface area contributed by atoms with Crippen molar-refractivity contribution in [2.75, 3.05) is 0 Å². The zero-order valence-corrected chi connectivity index (χ0v) is 15.1. The molecule has 0 spiro atoms. The molecule has 0 radical (unpaired) electrons. The number of hydrogen-bond donors (Lipinski definition) is 1. The molecule has 0 heterocycles. The molecule has 0 saturated heterocycles. The third kappa shape index (κ3) is 2.33. The smallest absolute Gasteiger partial charge is 0.304 e. The van der Waals surface area contributed by atoms with Gasteiger partial charge in [0.1, 0.15) is 0 Å². The zero-order chi connectivity index (χ0) is 17.8. The van der Waals surface area contributed by atoms with E-state index < -0.39 is 11.4 Å². The first-order chi connectivity index (χ1) is 11.9. The second-order valence-electron chi connectivity index (χ2n) is 9.10. The largest absolute Gasteiger partial charge is 0.481 e. The van der Waals surface area contributed by atoms with E-state index in [4.69, 9.17) is 6.42 Å². The highest BCUT2D eigenvalue weighted by Gasteiger charge is 2.62. The molecule has 25 heavy (non-hydrogen) atoms. The van der Waals surface area contributed by atoms with Crippen LogP contribution in [0.4, 0.5) is 0 Å². The number of hydrogen-bond acceptors (Lipinski definition) is 2. The molecule has 3 fully saturated rings. The van der Waals surface area contributed by atoms with Crippen LogP contribution in [0.25, 0.3) is 0 Å². The van der Waals surface area contributed by atoms with E-state index in [1.165, 1.54) is 5.57 Å². The van der Waals surface area contributed by atoms with Crippen molar-refractivity contribution in [2.45, 2.75) is 64.7 Å². The summed E-state index contributed by atoms with van der Waals surface area (Å²) < 4.78 is 0. The molecule has 1 N–H and O–H groups in total. The molecule has 4 aliphatic carbocycles. The average molecular weight is 340 g/mol. The van der Waals surface area contributed by atoms with Crippen LogP contribution in [-0.4, -0.2) is 16.9 Å². The summed E-state index contributed by atoms with van der Waals surface area (Å²) in [7, 11) is 0. The summed E-state index contributed by atoms with van der Waals surface area (Å²) in [5, 5.41) is 9.45. The zero-order valence-electron chi connectivity index (χ0n) is 15.1. The third-order valence-electron chi connectivity index (χ3n) is 8.39. The Kier molecular flexibility index (Phi) is 3.87. The van der Waals surface area contributed by atoms with Gasteiger partial charge in [-0.2, -0.15) is 0 Å². The highest BCUT2D eigenvalue weighted by Crippen LogP contribution is 2.68. The topological polar surface area (TPSA) is 54.4 Å². The van der Waals surface area contributed by atoms with Gasteiger partial charge >= 0.3 is 5.97 Å². The van der Waals surface area contributed by atoms with Crippen molar-refractivity contribution in [1.29, 1.82) is 0 Å². The molecule has 0 aliphatic heterocycles. The Hall–Kier alpha value is -1.56. The number of ketones is 1. The second kappa shape index (κ2) is 5.73. The lowest BCUT2D eigenvalue weighted by atomic mass is 9.48. The second-order valence-corrected chi connectivity index (χ2v) is 9.10. The van der Waals surface area contributed by atoms with E-state index in [1.807, 2.05) is 6.08 Å². The van der Waals surface area contributed by atoms with Gasteiger partial charge in [-0.25, -0.2) is 0 Å². The fourth-order valence-electron chi connectivity index (χ4n) is 7.15. The average Bonchev–Trinajstić information content (AvgIpc) is 2.87. The molecule has 0 aromatic rings. The monoisotopic (exact) mass is 340 g/mol. The van der Waals surface area contributed by atoms with Gasteiger partial charge in [0.25, 0.3) is 0 Å². The van der Waals surface area contributed by atoms with Crippen molar-refractivity contribution in [3.8, 4) is 12.3 Å². The van der Waals surface area contributed by atoms with Crippen molar-refractivity contribution in [1.82, 2.24) is 0 Å². The van der Waals surface area contributed by atoms with Gasteiger partial charge in [0.15, 0.2) is 5.78 Å². The van der Waals surface area contributed by atoms with Crippen LogP contribution in [0.1, 0.15) is 64.7 Å². The number of fused-ring (bicyclic) bond motifs is 5. The molecule has 3 saturated carbocycles. The van der Waals surface area contributed by atoms with Gasteiger partial charge in [0.05, 0.1) is 6.42 Å². The number of carbonyl (C=O) groups is 2. The molecule has 0 amide bonds. The quantitative estimate of drug-likeness (QED) is 0.766. The molecular weight excluding hydrogens is 312 g/mol. The van der Waals surface area contributed by atoms with Gasteiger partial charge < -0.3 is 5.11 Å². The minimum Gasteiger partial charge on any atom is -0.481 e. The summed E-state index contributed by atoms with van der Waals surface area (Å²) in [5.41, 5.74) is 0.869. The number of carboxylic acid groups (broad SMARTS) is 1. The minimum atomic E-state index is -0.762. The number of carboxylic acids is 1. The Morgan fingerprint density at radius 2 is 2.04 bits per heavy atom. The van der Waals surface area contributed by atoms with E-state index in [1.54, 1.807) is 0 Å². The molecule has 4 unspecified atom stereocenters. The van der Waals surface area contributed by atoms with Gasteiger partial charge in [-0.05, 0) is 80.1 Å². The number of rotatable bonds is 2. The van der Waals surface area contributed by atoms with Crippen molar-refractivity contribution in [3.63, 3.8) is 0 Å². The van der Waals surface area contributed by atoms with Crippen molar-refractivity contribution in [3.05, 3.63) is 11.6 Å². The fourth-order valence-corrected chi connectivity index (χ4v) is 7.15.